The first-order chi connectivity index (χ1) is 11.4. The summed E-state index contributed by atoms with van der Waals surface area (Å²) in [7, 11) is 0. The summed E-state index contributed by atoms with van der Waals surface area (Å²) in [6.07, 6.45) is -20.6. The lowest BCUT2D eigenvalue weighted by atomic mass is 9.92. The van der Waals surface area contributed by atoms with Crippen LogP contribution in [0, 0.1) is 0 Å². The van der Waals surface area contributed by atoms with Gasteiger partial charge in [-0.1, -0.05) is 0 Å². The van der Waals surface area contributed by atoms with Crippen LogP contribution in [0.3, 0.4) is 0 Å². The van der Waals surface area contributed by atoms with Gasteiger partial charge < -0.3 is 0 Å². The van der Waals surface area contributed by atoms with Crippen molar-refractivity contribution in [3.05, 3.63) is 0 Å². The summed E-state index contributed by atoms with van der Waals surface area (Å²) >= 11 is 0. The van der Waals surface area contributed by atoms with Crippen LogP contribution in [0.15, 0.2) is 0 Å². The van der Waals surface area contributed by atoms with Crippen LogP contribution in [0.4, 0.5) is 74.6 Å². The molecule has 0 N–H and O–H groups in total. The number of rotatable bonds is 8. The molecule has 164 valence electrons. The first-order valence-electron chi connectivity index (χ1n) is 5.97. The Hall–Kier alpha value is -1.19. The van der Waals surface area contributed by atoms with Gasteiger partial charge in [0.2, 0.25) is 0 Å². The van der Waals surface area contributed by atoms with E-state index >= 15 is 0 Å². The van der Waals surface area contributed by atoms with Crippen LogP contribution in [-0.2, 0) is 0 Å². The van der Waals surface area contributed by atoms with Crippen molar-refractivity contribution in [1.82, 2.24) is 0 Å². The number of halogens is 17. The van der Waals surface area contributed by atoms with E-state index in [9.17, 15) is 74.6 Å². The highest BCUT2D eigenvalue weighted by Crippen LogP contribution is 2.57. The maximum absolute atomic E-state index is 13.0. The highest BCUT2D eigenvalue weighted by Gasteiger charge is 2.83. The highest BCUT2D eigenvalue weighted by molar-refractivity contribution is 5.06. The molecule has 0 saturated heterocycles. The Kier molecular flexibility index (Phi) is 6.41. The molecule has 0 aromatic rings. The topological polar surface area (TPSA) is 0 Å². The average molecular weight is 448 g/mol. The predicted molar refractivity (Wildman–Crippen MR) is 51.0 cm³/mol. The predicted octanol–water partition coefficient (Wildman–Crippen LogP) is 6.41. The fourth-order valence-electron chi connectivity index (χ4n) is 1.50. The Morgan fingerprint density at radius 3 is 1.11 bits per heavy atom. The third kappa shape index (κ3) is 4.63. The van der Waals surface area contributed by atoms with Crippen molar-refractivity contribution in [2.45, 2.75) is 61.0 Å². The zero-order valence-electron chi connectivity index (χ0n) is 11.9. The lowest BCUT2D eigenvalue weighted by molar-refractivity contribution is -0.390. The van der Waals surface area contributed by atoms with Gasteiger partial charge in [0.1, 0.15) is 0 Å². The minimum atomic E-state index is -7.68. The zero-order valence-corrected chi connectivity index (χ0v) is 11.9. The largest absolute Gasteiger partial charge is 0.453 e. The van der Waals surface area contributed by atoms with E-state index in [1.54, 1.807) is 0 Å². The molecule has 0 aliphatic rings. The Morgan fingerprint density at radius 2 is 0.815 bits per heavy atom. The first-order valence-corrected chi connectivity index (χ1v) is 5.97. The van der Waals surface area contributed by atoms with Crippen LogP contribution in [0.1, 0.15) is 12.8 Å². The molecule has 27 heavy (non-hydrogen) atoms. The molecule has 0 spiro atoms. The van der Waals surface area contributed by atoms with Gasteiger partial charge in [0.05, 0.1) is 12.8 Å². The van der Waals surface area contributed by atoms with Gasteiger partial charge in [-0.3, -0.25) is 0 Å². The lowest BCUT2D eigenvalue weighted by Gasteiger charge is -2.37. The molecule has 0 aromatic heterocycles. The first kappa shape index (κ1) is 25.8. The van der Waals surface area contributed by atoms with E-state index < -0.39 is 61.0 Å². The van der Waals surface area contributed by atoms with E-state index in [1.165, 1.54) is 0 Å². The van der Waals surface area contributed by atoms with Crippen LogP contribution in [0.25, 0.3) is 0 Å². The molecule has 0 unspecified atom stereocenters. The van der Waals surface area contributed by atoms with Crippen molar-refractivity contribution in [2.24, 2.45) is 0 Å². The molecule has 0 amide bonds. The molecule has 0 aliphatic heterocycles. The van der Waals surface area contributed by atoms with Crippen LogP contribution in [0.5, 0.6) is 0 Å². The van der Waals surface area contributed by atoms with Crippen LogP contribution in [0.2, 0.25) is 0 Å². The Bertz CT molecular complexity index is 512. The molecule has 0 bridgehead atoms. The van der Waals surface area contributed by atoms with E-state index in [1.807, 2.05) is 0 Å². The van der Waals surface area contributed by atoms with Gasteiger partial charge in [-0.25, -0.2) is 17.6 Å². The second-order valence-electron chi connectivity index (χ2n) is 5.19. The molecular weight excluding hydrogens is 443 g/mol. The Morgan fingerprint density at radius 1 is 0.481 bits per heavy atom. The summed E-state index contributed by atoms with van der Waals surface area (Å²) in [5.74, 6) is -42.3. The average Bonchev–Trinajstić information content (AvgIpc) is 2.33. The van der Waals surface area contributed by atoms with Crippen molar-refractivity contribution in [2.75, 3.05) is 0 Å². The summed E-state index contributed by atoms with van der Waals surface area (Å²) in [6.45, 7) is 0. The van der Waals surface area contributed by atoms with Crippen molar-refractivity contribution >= 4 is 0 Å². The molecule has 0 nitrogen and oxygen atoms in total. The van der Waals surface area contributed by atoms with E-state index in [0.29, 0.717) is 0 Å². The Labute approximate surface area is 137 Å². The number of alkyl halides is 17. The maximum Gasteiger partial charge on any atom is 0.453 e. The van der Waals surface area contributed by atoms with Crippen LogP contribution in [-0.4, -0.2) is 48.1 Å². The number of hydrogen-bond acceptors (Lipinski definition) is 0. The molecule has 0 aromatic carbocycles. The second-order valence-corrected chi connectivity index (χ2v) is 5.19. The van der Waals surface area contributed by atoms with Gasteiger partial charge in [0, 0.05) is 0 Å². The summed E-state index contributed by atoms with van der Waals surface area (Å²) in [6, 6.07) is 0. The van der Waals surface area contributed by atoms with Crippen LogP contribution < -0.4 is 0 Å². The smallest absolute Gasteiger partial charge is 0.206 e. The fraction of sp³-hybridized carbons (Fsp3) is 1.00. The molecule has 17 heteroatoms. The van der Waals surface area contributed by atoms with Gasteiger partial charge in [0.15, 0.2) is 0 Å². The normalized spacial score (nSPS) is 16.2. The van der Waals surface area contributed by atoms with Gasteiger partial charge in [-0.15, -0.1) is 0 Å². The van der Waals surface area contributed by atoms with Gasteiger partial charge in [-0.2, -0.15) is 57.1 Å². The fourth-order valence-corrected chi connectivity index (χ4v) is 1.50. The van der Waals surface area contributed by atoms with E-state index in [2.05, 4.69) is 0 Å². The molecule has 0 atom stereocenters. The summed E-state index contributed by atoms with van der Waals surface area (Å²) in [5, 5.41) is 0. The maximum atomic E-state index is 13.0. The van der Waals surface area contributed by atoms with E-state index in [-0.39, 0.29) is 0 Å². The summed E-state index contributed by atoms with van der Waals surface area (Å²) in [5.41, 5.74) is 0. The molecule has 0 fully saturated rings. The van der Waals surface area contributed by atoms with Crippen molar-refractivity contribution < 1.29 is 74.6 Å². The zero-order chi connectivity index (χ0) is 22.5. The van der Waals surface area contributed by atoms with E-state index in [4.69, 9.17) is 0 Å². The number of hydrogen-bond donors (Lipinski definition) is 0. The standard InChI is InChI=1S/C10H5F17/c11-3(12)7(19,20)9(23,24)8(21,22)5(15,16)1-4(13,14)2-6(17,18)10(25,26)27/h3H,1-2H2. The molecule has 0 radical (unpaired) electrons. The van der Waals surface area contributed by atoms with Crippen LogP contribution >= 0.6 is 0 Å². The van der Waals surface area contributed by atoms with Gasteiger partial charge in [0.25, 0.3) is 5.92 Å². The van der Waals surface area contributed by atoms with Crippen molar-refractivity contribution in [3.8, 4) is 0 Å². The second kappa shape index (κ2) is 6.70. The molecule has 0 rings (SSSR count). The van der Waals surface area contributed by atoms with Gasteiger partial charge in [-0.05, 0) is 0 Å². The van der Waals surface area contributed by atoms with Crippen molar-refractivity contribution in [3.63, 3.8) is 0 Å². The molecule has 0 heterocycles. The third-order valence-electron chi connectivity index (χ3n) is 2.92. The highest BCUT2D eigenvalue weighted by atomic mass is 19.4. The molecular formula is C10H5F17. The summed E-state index contributed by atoms with van der Waals surface area (Å²) < 4.78 is 212. The lowest BCUT2D eigenvalue weighted by Crippen LogP contribution is -2.65. The molecule has 0 aliphatic carbocycles. The molecule has 0 saturated carbocycles. The minimum Gasteiger partial charge on any atom is -0.206 e. The third-order valence-corrected chi connectivity index (χ3v) is 2.92. The quantitative estimate of drug-likeness (QED) is 0.377. The SMILES string of the molecule is FC(F)C(F)(F)C(F)(F)C(F)(F)C(F)(F)CC(F)(F)CC(F)(F)C(F)(F)F. The summed E-state index contributed by atoms with van der Waals surface area (Å²) in [4.78, 5) is 0. The monoisotopic (exact) mass is 448 g/mol. The Balaban J connectivity index is 5.86. The van der Waals surface area contributed by atoms with Gasteiger partial charge >= 0.3 is 42.2 Å². The minimum absolute atomic E-state index is 3.92. The van der Waals surface area contributed by atoms with Crippen molar-refractivity contribution in [1.29, 1.82) is 0 Å². The van der Waals surface area contributed by atoms with E-state index in [0.717, 1.165) is 0 Å².